The third-order valence-electron chi connectivity index (χ3n) is 4.76. The minimum absolute atomic E-state index is 0.594. The van der Waals surface area contributed by atoms with Crippen molar-refractivity contribution in [1.82, 2.24) is 5.32 Å². The lowest BCUT2D eigenvalue weighted by molar-refractivity contribution is 0.306. The maximum atomic E-state index is 5.86. The number of benzene rings is 3. The summed E-state index contributed by atoms with van der Waals surface area (Å²) in [5.41, 5.74) is 3.94. The molecule has 0 heterocycles. The number of hydrogen-bond acceptors (Lipinski definition) is 2. The molecule has 1 fully saturated rings. The summed E-state index contributed by atoms with van der Waals surface area (Å²) in [5.74, 6) is 1.56. The van der Waals surface area contributed by atoms with E-state index in [9.17, 15) is 0 Å². The van der Waals surface area contributed by atoms with Gasteiger partial charge in [-0.15, -0.1) is 0 Å². The molecule has 1 saturated carbocycles. The van der Waals surface area contributed by atoms with Gasteiger partial charge in [0, 0.05) is 18.5 Å². The molecule has 0 amide bonds. The van der Waals surface area contributed by atoms with Crippen molar-refractivity contribution in [2.45, 2.75) is 31.5 Å². The molecule has 0 radical (unpaired) electrons. The van der Waals surface area contributed by atoms with Crippen LogP contribution in [0.25, 0.3) is 0 Å². The van der Waals surface area contributed by atoms with Gasteiger partial charge in [-0.3, -0.25) is 0 Å². The molecule has 25 heavy (non-hydrogen) atoms. The third-order valence-corrected chi connectivity index (χ3v) is 4.76. The zero-order valence-electron chi connectivity index (χ0n) is 14.3. The Morgan fingerprint density at radius 3 is 2.08 bits per heavy atom. The Balaban J connectivity index is 1.27. The van der Waals surface area contributed by atoms with Crippen LogP contribution in [0.4, 0.5) is 0 Å². The van der Waals surface area contributed by atoms with Gasteiger partial charge in [-0.05, 0) is 35.2 Å². The van der Waals surface area contributed by atoms with Gasteiger partial charge in [0.1, 0.15) is 12.4 Å². The smallest absolute Gasteiger partial charge is 0.119 e. The van der Waals surface area contributed by atoms with Crippen molar-refractivity contribution in [3.8, 4) is 5.75 Å². The molecule has 4 rings (SSSR count). The van der Waals surface area contributed by atoms with E-state index in [1.54, 1.807) is 0 Å². The quantitative estimate of drug-likeness (QED) is 0.665. The van der Waals surface area contributed by atoms with Crippen molar-refractivity contribution >= 4 is 0 Å². The van der Waals surface area contributed by atoms with Crippen LogP contribution in [0.1, 0.15) is 29.0 Å². The van der Waals surface area contributed by atoms with E-state index in [2.05, 4.69) is 72.0 Å². The molecule has 2 nitrogen and oxygen atoms in total. The zero-order valence-corrected chi connectivity index (χ0v) is 14.3. The van der Waals surface area contributed by atoms with E-state index in [-0.39, 0.29) is 0 Å². The van der Waals surface area contributed by atoms with E-state index < -0.39 is 0 Å². The summed E-state index contributed by atoms with van der Waals surface area (Å²) in [5, 5.41) is 3.65. The Kier molecular flexibility index (Phi) is 4.80. The number of nitrogens with one attached hydrogen (secondary N) is 1. The highest BCUT2D eigenvalue weighted by molar-refractivity contribution is 5.34. The number of hydrogen-bond donors (Lipinski definition) is 1. The average Bonchev–Trinajstić information content (AvgIpc) is 3.47. The van der Waals surface area contributed by atoms with Crippen molar-refractivity contribution in [2.75, 3.05) is 0 Å². The molecular formula is C23H23NO. The second-order valence-electron chi connectivity index (χ2n) is 6.66. The summed E-state index contributed by atoms with van der Waals surface area (Å²) in [6.45, 7) is 1.56. The Morgan fingerprint density at radius 2 is 1.40 bits per heavy atom. The first kappa shape index (κ1) is 15.9. The van der Waals surface area contributed by atoms with E-state index in [0.29, 0.717) is 18.6 Å². The second-order valence-corrected chi connectivity index (χ2v) is 6.66. The minimum Gasteiger partial charge on any atom is -0.489 e. The van der Waals surface area contributed by atoms with Gasteiger partial charge >= 0.3 is 0 Å². The highest BCUT2D eigenvalue weighted by Gasteiger charge is 2.37. The summed E-state index contributed by atoms with van der Waals surface area (Å²) in [4.78, 5) is 0. The van der Waals surface area contributed by atoms with E-state index >= 15 is 0 Å². The van der Waals surface area contributed by atoms with Crippen LogP contribution in [-0.2, 0) is 13.2 Å². The van der Waals surface area contributed by atoms with E-state index in [1.807, 2.05) is 18.2 Å². The minimum atomic E-state index is 0.594. The lowest BCUT2D eigenvalue weighted by Gasteiger charge is -2.08. The lowest BCUT2D eigenvalue weighted by Crippen LogP contribution is -2.17. The van der Waals surface area contributed by atoms with Crippen molar-refractivity contribution in [1.29, 1.82) is 0 Å². The topological polar surface area (TPSA) is 21.3 Å². The lowest BCUT2D eigenvalue weighted by atomic mass is 10.1. The van der Waals surface area contributed by atoms with Crippen LogP contribution in [0.2, 0.25) is 0 Å². The van der Waals surface area contributed by atoms with Gasteiger partial charge in [-0.1, -0.05) is 72.8 Å². The van der Waals surface area contributed by atoms with Gasteiger partial charge in [-0.2, -0.15) is 0 Å². The standard InChI is InChI=1S/C23H23NO/c1-3-7-18(8-4-1)16-24-23-15-22(23)20-11-13-21(14-12-20)25-17-19-9-5-2-6-10-19/h1-14,22-24H,15-17H2/t22-,23+/m0/s1. The molecule has 0 bridgehead atoms. The number of rotatable bonds is 7. The van der Waals surface area contributed by atoms with Crippen molar-refractivity contribution < 1.29 is 4.74 Å². The molecule has 0 unspecified atom stereocenters. The van der Waals surface area contributed by atoms with Gasteiger partial charge in [-0.25, -0.2) is 0 Å². The molecule has 1 aliphatic carbocycles. The molecule has 0 saturated heterocycles. The summed E-state index contributed by atoms with van der Waals surface area (Å²) < 4.78 is 5.86. The SMILES string of the molecule is c1ccc(CN[C@@H]2C[C@H]2c2ccc(OCc3ccccc3)cc2)cc1. The highest BCUT2D eigenvalue weighted by atomic mass is 16.5. The molecule has 1 aliphatic rings. The molecule has 2 atom stereocenters. The molecule has 0 aliphatic heterocycles. The fourth-order valence-electron chi connectivity index (χ4n) is 3.19. The molecule has 0 spiro atoms. The molecule has 3 aromatic carbocycles. The van der Waals surface area contributed by atoms with E-state index in [4.69, 9.17) is 4.74 Å². The highest BCUT2D eigenvalue weighted by Crippen LogP contribution is 2.41. The Labute approximate surface area is 149 Å². The molecule has 126 valence electrons. The van der Waals surface area contributed by atoms with Gasteiger partial charge in [0.2, 0.25) is 0 Å². The van der Waals surface area contributed by atoms with Crippen LogP contribution in [0, 0.1) is 0 Å². The monoisotopic (exact) mass is 329 g/mol. The van der Waals surface area contributed by atoms with Gasteiger partial charge < -0.3 is 10.1 Å². The predicted octanol–water partition coefficient (Wildman–Crippen LogP) is 4.91. The fourth-order valence-corrected chi connectivity index (χ4v) is 3.19. The molecular weight excluding hydrogens is 306 g/mol. The molecule has 0 aromatic heterocycles. The fraction of sp³-hybridized carbons (Fsp3) is 0.217. The first-order valence-electron chi connectivity index (χ1n) is 8.92. The van der Waals surface area contributed by atoms with E-state index in [0.717, 1.165) is 12.3 Å². The summed E-state index contributed by atoms with van der Waals surface area (Å²) in [6.07, 6.45) is 1.22. The third kappa shape index (κ3) is 4.28. The first-order valence-corrected chi connectivity index (χ1v) is 8.92. The average molecular weight is 329 g/mol. The molecule has 1 N–H and O–H groups in total. The molecule has 3 aromatic rings. The maximum Gasteiger partial charge on any atom is 0.119 e. The van der Waals surface area contributed by atoms with Crippen LogP contribution < -0.4 is 10.1 Å². The van der Waals surface area contributed by atoms with Crippen LogP contribution in [0.15, 0.2) is 84.9 Å². The maximum absolute atomic E-state index is 5.86. The largest absolute Gasteiger partial charge is 0.489 e. The van der Waals surface area contributed by atoms with Crippen LogP contribution in [0.3, 0.4) is 0 Å². The van der Waals surface area contributed by atoms with Crippen molar-refractivity contribution in [3.05, 3.63) is 102 Å². The molecule has 2 heteroatoms. The Hall–Kier alpha value is -2.58. The van der Waals surface area contributed by atoms with Crippen molar-refractivity contribution in [3.63, 3.8) is 0 Å². The zero-order chi connectivity index (χ0) is 16.9. The summed E-state index contributed by atoms with van der Waals surface area (Å²) in [7, 11) is 0. The predicted molar refractivity (Wildman–Crippen MR) is 102 cm³/mol. The normalized spacial score (nSPS) is 18.7. The second kappa shape index (κ2) is 7.54. The first-order chi connectivity index (χ1) is 12.4. The van der Waals surface area contributed by atoms with Crippen LogP contribution in [0.5, 0.6) is 5.75 Å². The van der Waals surface area contributed by atoms with Crippen LogP contribution >= 0.6 is 0 Å². The van der Waals surface area contributed by atoms with Gasteiger partial charge in [0.05, 0.1) is 0 Å². The number of ether oxygens (including phenoxy) is 1. The van der Waals surface area contributed by atoms with Gasteiger partial charge in [0.15, 0.2) is 0 Å². The van der Waals surface area contributed by atoms with Gasteiger partial charge in [0.25, 0.3) is 0 Å². The van der Waals surface area contributed by atoms with E-state index in [1.165, 1.54) is 23.1 Å². The Morgan fingerprint density at radius 1 is 0.760 bits per heavy atom. The van der Waals surface area contributed by atoms with Crippen LogP contribution in [-0.4, -0.2) is 6.04 Å². The summed E-state index contributed by atoms with van der Waals surface area (Å²) in [6, 6.07) is 30.0. The van der Waals surface area contributed by atoms with Crippen molar-refractivity contribution in [2.24, 2.45) is 0 Å². The Bertz CT molecular complexity index is 783. The summed E-state index contributed by atoms with van der Waals surface area (Å²) >= 11 is 0.